The first kappa shape index (κ1) is 31.2. The van der Waals surface area contributed by atoms with Gasteiger partial charge in [0.15, 0.2) is 0 Å². The summed E-state index contributed by atoms with van der Waals surface area (Å²) in [7, 11) is 0.510. The molecule has 1 amide bonds. The lowest BCUT2D eigenvalue weighted by atomic mass is 9.80. The van der Waals surface area contributed by atoms with Crippen molar-refractivity contribution in [3.8, 4) is 5.75 Å². The highest BCUT2D eigenvalue weighted by molar-refractivity contribution is 7.86. The number of methoxy groups -OCH3 is 1. The third kappa shape index (κ3) is 7.00. The van der Waals surface area contributed by atoms with Crippen LogP contribution in [0.2, 0.25) is 0 Å². The highest BCUT2D eigenvalue weighted by atomic mass is 32.2. The van der Waals surface area contributed by atoms with E-state index < -0.39 is 40.5 Å². The van der Waals surface area contributed by atoms with Crippen molar-refractivity contribution in [2.24, 2.45) is 0 Å². The monoisotopic (exact) mass is 593 g/mol. The fourth-order valence-corrected chi connectivity index (χ4v) is 7.38. The third-order valence-corrected chi connectivity index (χ3v) is 10.2. The normalized spacial score (nSPS) is 27.0. The van der Waals surface area contributed by atoms with E-state index in [-0.39, 0.29) is 31.0 Å². The molecule has 1 saturated carbocycles. The van der Waals surface area contributed by atoms with E-state index in [4.69, 9.17) is 9.47 Å². The number of ether oxygens (including phenoxy) is 2. The highest BCUT2D eigenvalue weighted by Gasteiger charge is 2.48. The van der Waals surface area contributed by atoms with Gasteiger partial charge in [-0.25, -0.2) is 9.18 Å². The van der Waals surface area contributed by atoms with Gasteiger partial charge in [0.25, 0.3) is 10.2 Å². The van der Waals surface area contributed by atoms with Crippen molar-refractivity contribution in [3.05, 3.63) is 65.5 Å². The Morgan fingerprint density at radius 1 is 1.12 bits per heavy atom. The fraction of sp³-hybridized carbons (Fsp3) is 0.552. The summed E-state index contributed by atoms with van der Waals surface area (Å²) in [6.45, 7) is 1.79. The standard InChI is InChI=1S/C29H40FN3O7S/c1-19-14-26(32(41(37,38)31(2)3)17-20-8-10-23(39-4)11-9-20)27(33(19)29(35)36)18-40-24-12-13-25(28(34)16-24)21-6-5-7-22(30)15-21/h5-11,15,19,24-28,34H,12-14,16-18H2,1-4H3,(H,35,36)/t19-,24+,25?,26+,27+,28?/m1/s1. The molecule has 1 aliphatic carbocycles. The van der Waals surface area contributed by atoms with Crippen molar-refractivity contribution < 1.29 is 37.3 Å². The molecule has 0 radical (unpaired) electrons. The molecular weight excluding hydrogens is 553 g/mol. The molecule has 2 aliphatic rings. The van der Waals surface area contributed by atoms with E-state index in [1.165, 1.54) is 35.4 Å². The van der Waals surface area contributed by atoms with Gasteiger partial charge < -0.3 is 19.7 Å². The first-order valence-corrected chi connectivity index (χ1v) is 15.2. The maximum absolute atomic E-state index is 13.7. The molecule has 4 rings (SSSR count). The summed E-state index contributed by atoms with van der Waals surface area (Å²) in [5, 5.41) is 20.9. The molecule has 6 atom stereocenters. The van der Waals surface area contributed by atoms with Gasteiger partial charge in [0.05, 0.1) is 38.0 Å². The molecule has 2 fully saturated rings. The number of halogens is 1. The van der Waals surface area contributed by atoms with Crippen molar-refractivity contribution in [1.29, 1.82) is 0 Å². The minimum absolute atomic E-state index is 0.0224. The fourth-order valence-electron chi connectivity index (χ4n) is 6.08. The number of amides is 1. The highest BCUT2D eigenvalue weighted by Crippen LogP contribution is 2.37. The molecule has 2 unspecified atom stereocenters. The Balaban J connectivity index is 1.54. The predicted molar refractivity (Wildman–Crippen MR) is 151 cm³/mol. The van der Waals surface area contributed by atoms with Gasteiger partial charge in [0.1, 0.15) is 11.6 Å². The van der Waals surface area contributed by atoms with Crippen molar-refractivity contribution in [3.63, 3.8) is 0 Å². The molecule has 1 saturated heterocycles. The first-order chi connectivity index (χ1) is 19.4. The van der Waals surface area contributed by atoms with Crippen LogP contribution in [0.15, 0.2) is 48.5 Å². The summed E-state index contributed by atoms with van der Waals surface area (Å²) in [6, 6.07) is 11.4. The lowest BCUT2D eigenvalue weighted by molar-refractivity contribution is -0.0441. The van der Waals surface area contributed by atoms with Crippen LogP contribution in [0.3, 0.4) is 0 Å². The number of carboxylic acid groups (broad SMARTS) is 1. The minimum Gasteiger partial charge on any atom is -0.497 e. The number of benzene rings is 2. The molecule has 41 heavy (non-hydrogen) atoms. The number of aliphatic hydroxyl groups excluding tert-OH is 1. The van der Waals surface area contributed by atoms with Crippen molar-refractivity contribution in [1.82, 2.24) is 13.5 Å². The lowest BCUT2D eigenvalue weighted by Gasteiger charge is -2.37. The van der Waals surface area contributed by atoms with E-state index in [2.05, 4.69) is 0 Å². The van der Waals surface area contributed by atoms with Gasteiger partial charge in [-0.2, -0.15) is 17.0 Å². The quantitative estimate of drug-likeness (QED) is 0.432. The van der Waals surface area contributed by atoms with Gasteiger partial charge in [-0.1, -0.05) is 24.3 Å². The van der Waals surface area contributed by atoms with Gasteiger partial charge in [-0.3, -0.25) is 4.90 Å². The Hall–Kier alpha value is -2.77. The van der Waals surface area contributed by atoms with E-state index in [1.807, 2.05) is 0 Å². The average Bonchev–Trinajstić information content (AvgIpc) is 3.26. The molecule has 2 aromatic carbocycles. The number of hydrogen-bond donors (Lipinski definition) is 2. The molecule has 226 valence electrons. The van der Waals surface area contributed by atoms with Crippen molar-refractivity contribution >= 4 is 16.3 Å². The summed E-state index contributed by atoms with van der Waals surface area (Å²) in [5.41, 5.74) is 1.47. The number of aliphatic hydroxyl groups is 1. The number of rotatable bonds is 10. The molecule has 1 aliphatic heterocycles. The zero-order valence-corrected chi connectivity index (χ0v) is 24.7. The maximum Gasteiger partial charge on any atom is 0.407 e. The third-order valence-electron chi connectivity index (χ3n) is 8.25. The summed E-state index contributed by atoms with van der Waals surface area (Å²) in [5.74, 6) is 0.0727. The van der Waals surface area contributed by atoms with E-state index >= 15 is 0 Å². The minimum atomic E-state index is -3.95. The van der Waals surface area contributed by atoms with E-state index in [1.54, 1.807) is 50.4 Å². The van der Waals surface area contributed by atoms with Crippen LogP contribution < -0.4 is 4.74 Å². The van der Waals surface area contributed by atoms with E-state index in [0.717, 1.165) is 15.4 Å². The van der Waals surface area contributed by atoms with Crippen LogP contribution in [0.5, 0.6) is 5.75 Å². The Morgan fingerprint density at radius 2 is 1.83 bits per heavy atom. The van der Waals surface area contributed by atoms with Gasteiger partial charge in [0.2, 0.25) is 0 Å². The molecule has 12 heteroatoms. The Kier molecular flexibility index (Phi) is 9.91. The van der Waals surface area contributed by atoms with Crippen LogP contribution >= 0.6 is 0 Å². The number of carbonyl (C=O) groups is 1. The topological polar surface area (TPSA) is 120 Å². The Bertz CT molecular complexity index is 1290. The van der Waals surface area contributed by atoms with Crippen LogP contribution in [0.4, 0.5) is 9.18 Å². The van der Waals surface area contributed by atoms with Crippen LogP contribution in [0.1, 0.15) is 49.7 Å². The van der Waals surface area contributed by atoms with E-state index in [0.29, 0.717) is 31.4 Å². The first-order valence-electron chi connectivity index (χ1n) is 13.8. The van der Waals surface area contributed by atoms with Crippen LogP contribution in [-0.2, 0) is 21.5 Å². The smallest absolute Gasteiger partial charge is 0.407 e. The SMILES string of the molecule is COc1ccc(CN([C@H]2C[C@@H](C)N(C(=O)O)[C@H]2CO[C@H]2CCC(c3cccc(F)c3)C(O)C2)S(=O)(=O)N(C)C)cc1. The largest absolute Gasteiger partial charge is 0.497 e. The van der Waals surface area contributed by atoms with Gasteiger partial charge in [-0.15, -0.1) is 0 Å². The Labute approximate surface area is 241 Å². The number of nitrogens with zero attached hydrogens (tertiary/aromatic N) is 3. The molecule has 0 aromatic heterocycles. The van der Waals surface area contributed by atoms with Gasteiger partial charge in [0, 0.05) is 39.0 Å². The predicted octanol–water partition coefficient (Wildman–Crippen LogP) is 3.67. The summed E-state index contributed by atoms with van der Waals surface area (Å²) in [6.07, 6.45) is -0.432. The van der Waals surface area contributed by atoms with Gasteiger partial charge in [-0.05, 0) is 61.6 Å². The molecule has 0 bridgehead atoms. The van der Waals surface area contributed by atoms with Crippen LogP contribution in [0, 0.1) is 5.82 Å². The van der Waals surface area contributed by atoms with Gasteiger partial charge >= 0.3 is 6.09 Å². The second kappa shape index (κ2) is 13.0. The zero-order chi connectivity index (χ0) is 29.9. The van der Waals surface area contributed by atoms with Crippen molar-refractivity contribution in [2.45, 2.75) is 75.4 Å². The average molecular weight is 594 g/mol. The second-order valence-electron chi connectivity index (χ2n) is 11.1. The summed E-state index contributed by atoms with van der Waals surface area (Å²) in [4.78, 5) is 13.6. The van der Waals surface area contributed by atoms with Crippen molar-refractivity contribution in [2.75, 3.05) is 27.8 Å². The molecule has 2 aromatic rings. The molecule has 2 N–H and O–H groups in total. The van der Waals surface area contributed by atoms with Crippen LogP contribution in [0.25, 0.3) is 0 Å². The second-order valence-corrected chi connectivity index (χ2v) is 13.2. The number of likely N-dealkylation sites (tertiary alicyclic amines) is 1. The molecule has 10 nitrogen and oxygen atoms in total. The molecular formula is C29H40FN3O7S. The van der Waals surface area contributed by atoms with Crippen LogP contribution in [-0.4, -0.2) is 96.4 Å². The lowest BCUT2D eigenvalue weighted by Crippen LogP contribution is -2.53. The summed E-state index contributed by atoms with van der Waals surface area (Å²) < 4.78 is 54.8. The molecule has 1 heterocycles. The maximum atomic E-state index is 13.7. The van der Waals surface area contributed by atoms with E-state index in [9.17, 15) is 27.8 Å². The summed E-state index contributed by atoms with van der Waals surface area (Å²) >= 11 is 0. The Morgan fingerprint density at radius 3 is 2.41 bits per heavy atom. The molecule has 0 spiro atoms. The number of hydrogen-bond acceptors (Lipinski definition) is 6. The zero-order valence-electron chi connectivity index (χ0n) is 23.9.